The molecule has 1 rings (SSSR count). The number of hydrogen-bond donors (Lipinski definition) is 3. The average molecular weight is 348 g/mol. The summed E-state index contributed by atoms with van der Waals surface area (Å²) in [5.41, 5.74) is 0. The molecule has 0 spiro atoms. The molecule has 1 heterocycles. The zero-order valence-corrected chi connectivity index (χ0v) is 10.6. The van der Waals surface area contributed by atoms with Crippen molar-refractivity contribution in [3.63, 3.8) is 0 Å². The quantitative estimate of drug-likeness (QED) is 0.431. The third-order valence-electron chi connectivity index (χ3n) is 2.21. The Bertz CT molecular complexity index is 247. The molecule has 0 aromatic heterocycles. The van der Waals surface area contributed by atoms with Gasteiger partial charge < -0.3 is 24.8 Å². The number of ether oxygens (including phenoxy) is 2. The molecule has 1 saturated heterocycles. The number of halogens is 1. The van der Waals surface area contributed by atoms with Crippen molar-refractivity contribution in [2.75, 3.05) is 6.61 Å². The first-order valence-electron chi connectivity index (χ1n) is 4.57. The lowest BCUT2D eigenvalue weighted by Crippen LogP contribution is -2.58. The van der Waals surface area contributed by atoms with Crippen LogP contribution in [0.5, 0.6) is 0 Å². The molecule has 0 aliphatic carbocycles. The predicted octanol–water partition coefficient (Wildman–Crippen LogP) is -1.28. The van der Waals surface area contributed by atoms with E-state index < -0.39 is 36.7 Å². The van der Waals surface area contributed by atoms with E-state index in [1.54, 1.807) is 0 Å². The van der Waals surface area contributed by atoms with Crippen molar-refractivity contribution >= 4 is 29.0 Å². The molecule has 0 bridgehead atoms. The monoisotopic (exact) mass is 348 g/mol. The topological polar surface area (TPSA) is 105 Å². The van der Waals surface area contributed by atoms with Gasteiger partial charge in [0.1, 0.15) is 54.0 Å². The molecule has 3 N–H and O–H groups in total. The number of rotatable bonds is 3. The van der Waals surface area contributed by atoms with E-state index in [0.717, 1.165) is 0 Å². The van der Waals surface area contributed by atoms with Crippen LogP contribution in [0.4, 0.5) is 0 Å². The van der Waals surface area contributed by atoms with Crippen LogP contribution in [0.25, 0.3) is 0 Å². The maximum absolute atomic E-state index is 10.6. The molecule has 7 nitrogen and oxygen atoms in total. The number of carbonyl (C=O) groups is 1. The molecule has 1 aliphatic rings. The van der Waals surface area contributed by atoms with Gasteiger partial charge >= 0.3 is 5.97 Å². The van der Waals surface area contributed by atoms with Gasteiger partial charge in [-0.3, -0.25) is 7.86 Å². The minimum Gasteiger partial charge on any atom is -0.463 e. The molecule has 0 aromatic rings. The van der Waals surface area contributed by atoms with Crippen LogP contribution in [0, 0.1) is 0 Å². The van der Waals surface area contributed by atoms with Crippen LogP contribution >= 0.6 is 23.0 Å². The molecule has 1 unspecified atom stereocenters. The standard InChI is InChI=1S/C8H13IO7/c1-3(10)14-2-4-5(11)6(12)7(13)8(15-4)16-9/h4-8,11-13H,2H2,1H3/t4-,5-,6+,7-,8?/m1/s1. The van der Waals surface area contributed by atoms with Crippen molar-refractivity contribution < 1.29 is 32.7 Å². The maximum Gasteiger partial charge on any atom is 0.302 e. The summed E-state index contributed by atoms with van der Waals surface area (Å²) >= 11 is 1.51. The van der Waals surface area contributed by atoms with Gasteiger partial charge in [-0.05, 0) is 0 Å². The Morgan fingerprint density at radius 2 is 1.94 bits per heavy atom. The fraction of sp³-hybridized carbons (Fsp3) is 0.875. The number of hydrogen-bond acceptors (Lipinski definition) is 7. The lowest BCUT2D eigenvalue weighted by Gasteiger charge is -2.38. The predicted molar refractivity (Wildman–Crippen MR) is 58.4 cm³/mol. The minimum absolute atomic E-state index is 0.212. The summed E-state index contributed by atoms with van der Waals surface area (Å²) in [6.07, 6.45) is -6.09. The van der Waals surface area contributed by atoms with Crippen LogP contribution in [0.3, 0.4) is 0 Å². The number of carbonyl (C=O) groups excluding carboxylic acids is 1. The van der Waals surface area contributed by atoms with Crippen LogP contribution in [-0.2, 0) is 17.3 Å². The highest BCUT2D eigenvalue weighted by Crippen LogP contribution is 2.23. The largest absolute Gasteiger partial charge is 0.463 e. The third kappa shape index (κ3) is 3.25. The average Bonchev–Trinajstić information content (AvgIpc) is 2.25. The second-order valence-corrected chi connectivity index (χ2v) is 3.91. The van der Waals surface area contributed by atoms with Crippen LogP contribution in [0.1, 0.15) is 6.92 Å². The fourth-order valence-electron chi connectivity index (χ4n) is 1.33. The van der Waals surface area contributed by atoms with E-state index in [1.165, 1.54) is 29.9 Å². The van der Waals surface area contributed by atoms with E-state index in [0.29, 0.717) is 0 Å². The Morgan fingerprint density at radius 3 is 2.44 bits per heavy atom. The molecular weight excluding hydrogens is 335 g/mol. The molecule has 0 radical (unpaired) electrons. The molecule has 1 aliphatic heterocycles. The lowest BCUT2D eigenvalue weighted by atomic mass is 9.99. The van der Waals surface area contributed by atoms with Crippen molar-refractivity contribution in [3.8, 4) is 0 Å². The Labute approximate surface area is 106 Å². The van der Waals surface area contributed by atoms with Crippen molar-refractivity contribution in [2.45, 2.75) is 37.6 Å². The molecule has 0 amide bonds. The third-order valence-corrected chi connectivity index (χ3v) is 2.71. The molecule has 0 saturated carbocycles. The zero-order valence-electron chi connectivity index (χ0n) is 8.45. The van der Waals surface area contributed by atoms with E-state index in [4.69, 9.17) is 7.80 Å². The van der Waals surface area contributed by atoms with Crippen molar-refractivity contribution in [1.82, 2.24) is 0 Å². The second-order valence-electron chi connectivity index (χ2n) is 3.41. The summed E-state index contributed by atoms with van der Waals surface area (Å²) in [6.45, 7) is 1.00. The molecule has 1 fully saturated rings. The normalized spacial score (nSPS) is 39.4. The Kier molecular flexibility index (Phi) is 5.34. The zero-order chi connectivity index (χ0) is 12.3. The molecule has 94 valence electrons. The van der Waals surface area contributed by atoms with Gasteiger partial charge in [-0.2, -0.15) is 0 Å². The van der Waals surface area contributed by atoms with Gasteiger partial charge in [-0.1, -0.05) is 0 Å². The van der Waals surface area contributed by atoms with Crippen LogP contribution in [0.15, 0.2) is 0 Å². The van der Waals surface area contributed by atoms with Gasteiger partial charge in [-0.25, -0.2) is 0 Å². The summed E-state index contributed by atoms with van der Waals surface area (Å²) < 4.78 is 14.5. The number of aliphatic hydroxyl groups is 3. The smallest absolute Gasteiger partial charge is 0.302 e. The van der Waals surface area contributed by atoms with Crippen molar-refractivity contribution in [3.05, 3.63) is 0 Å². The SMILES string of the molecule is CC(=O)OC[C@H]1OC(OI)[C@H](O)[C@@H](O)[C@@H]1O. The van der Waals surface area contributed by atoms with E-state index >= 15 is 0 Å². The van der Waals surface area contributed by atoms with E-state index in [-0.39, 0.29) is 6.61 Å². The fourth-order valence-corrected chi connectivity index (χ4v) is 1.75. The molecule has 8 heteroatoms. The van der Waals surface area contributed by atoms with Crippen LogP contribution in [0.2, 0.25) is 0 Å². The second kappa shape index (κ2) is 6.07. The van der Waals surface area contributed by atoms with E-state index in [9.17, 15) is 20.1 Å². The summed E-state index contributed by atoms with van der Waals surface area (Å²) in [6, 6.07) is 0. The van der Waals surface area contributed by atoms with Crippen LogP contribution < -0.4 is 0 Å². The first-order valence-corrected chi connectivity index (χ1v) is 5.46. The number of aliphatic hydroxyl groups excluding tert-OH is 3. The minimum atomic E-state index is -1.41. The van der Waals surface area contributed by atoms with Gasteiger partial charge in [0.15, 0.2) is 6.29 Å². The summed E-state index contributed by atoms with van der Waals surface area (Å²) in [5, 5.41) is 28.5. The Morgan fingerprint density at radius 1 is 1.31 bits per heavy atom. The molecular formula is C8H13IO7. The maximum atomic E-state index is 10.6. The highest BCUT2D eigenvalue weighted by molar-refractivity contribution is 14.1. The first-order chi connectivity index (χ1) is 7.47. The van der Waals surface area contributed by atoms with Crippen molar-refractivity contribution in [2.24, 2.45) is 0 Å². The van der Waals surface area contributed by atoms with Gasteiger partial charge in [0.25, 0.3) is 0 Å². The van der Waals surface area contributed by atoms with E-state index in [2.05, 4.69) is 4.74 Å². The van der Waals surface area contributed by atoms with Gasteiger partial charge in [0.05, 0.1) is 0 Å². The highest BCUT2D eigenvalue weighted by atomic mass is 127. The number of esters is 1. The summed E-state index contributed by atoms with van der Waals surface area (Å²) in [5.74, 6) is -0.525. The summed E-state index contributed by atoms with van der Waals surface area (Å²) in [7, 11) is 0. The van der Waals surface area contributed by atoms with Gasteiger partial charge in [0, 0.05) is 6.92 Å². The Hall–Kier alpha value is -0.000000000000000125. The molecule has 0 aromatic carbocycles. The van der Waals surface area contributed by atoms with E-state index in [1.807, 2.05) is 0 Å². The van der Waals surface area contributed by atoms with Crippen LogP contribution in [-0.4, -0.2) is 58.6 Å². The molecule has 16 heavy (non-hydrogen) atoms. The van der Waals surface area contributed by atoms with Gasteiger partial charge in [-0.15, -0.1) is 0 Å². The van der Waals surface area contributed by atoms with Crippen molar-refractivity contribution in [1.29, 1.82) is 0 Å². The van der Waals surface area contributed by atoms with Gasteiger partial charge in [0.2, 0.25) is 0 Å². The first kappa shape index (κ1) is 14.1. The lowest BCUT2D eigenvalue weighted by molar-refractivity contribution is -0.270. The Balaban J connectivity index is 2.60. The molecule has 5 atom stereocenters. The highest BCUT2D eigenvalue weighted by Gasteiger charge is 2.44. The summed E-state index contributed by atoms with van der Waals surface area (Å²) in [4.78, 5) is 10.6.